The Kier molecular flexibility index (Phi) is 7.11. The molecule has 0 radical (unpaired) electrons. The second kappa shape index (κ2) is 12.4. The van der Waals surface area contributed by atoms with Crippen LogP contribution in [0.1, 0.15) is 0 Å². The summed E-state index contributed by atoms with van der Waals surface area (Å²) in [6.45, 7) is 0. The highest BCUT2D eigenvalue weighted by Crippen LogP contribution is 2.43. The molecule has 0 aliphatic rings. The molecule has 0 amide bonds. The zero-order chi connectivity index (χ0) is 35.6. The van der Waals surface area contributed by atoms with Crippen LogP contribution < -0.4 is 4.90 Å². The molecule has 1 nitrogen and oxygen atoms in total. The second-order valence-electron chi connectivity index (χ2n) is 14.2. The molecule has 0 N–H and O–H groups in total. The molecule has 0 bridgehead atoms. The van der Waals surface area contributed by atoms with Gasteiger partial charge in [-0.3, -0.25) is 0 Å². The lowest BCUT2D eigenvalue weighted by molar-refractivity contribution is 1.29. The zero-order valence-corrected chi connectivity index (χ0v) is 30.2. The van der Waals surface area contributed by atoms with Crippen LogP contribution in [0.2, 0.25) is 0 Å². The molecule has 0 saturated heterocycles. The number of thiophene rings is 1. The number of fused-ring (bicyclic) bond motifs is 9. The van der Waals surface area contributed by atoms with Crippen molar-refractivity contribution in [2.75, 3.05) is 4.90 Å². The predicted octanol–water partition coefficient (Wildman–Crippen LogP) is 15.5. The van der Waals surface area contributed by atoms with Crippen molar-refractivity contribution in [3.05, 3.63) is 200 Å². The molecular weight excluding hydrogens is 671 g/mol. The van der Waals surface area contributed by atoms with Crippen LogP contribution in [0.15, 0.2) is 200 Å². The number of hydrogen-bond acceptors (Lipinski definition) is 2. The van der Waals surface area contributed by atoms with Crippen molar-refractivity contribution in [1.82, 2.24) is 0 Å². The Balaban J connectivity index is 1.02. The minimum atomic E-state index is 1.12. The largest absolute Gasteiger partial charge is 0.310 e. The van der Waals surface area contributed by atoms with Gasteiger partial charge in [0.1, 0.15) is 0 Å². The maximum Gasteiger partial charge on any atom is 0.0468 e. The Bertz CT molecular complexity index is 3190. The number of hydrogen-bond donors (Lipinski definition) is 0. The third-order valence-electron chi connectivity index (χ3n) is 11.0. The van der Waals surface area contributed by atoms with Gasteiger partial charge < -0.3 is 4.90 Å². The van der Waals surface area contributed by atoms with E-state index in [1.807, 2.05) is 11.3 Å². The van der Waals surface area contributed by atoms with Crippen molar-refractivity contribution >= 4 is 91.7 Å². The Hall–Kier alpha value is -6.74. The van der Waals surface area contributed by atoms with Gasteiger partial charge in [0, 0.05) is 37.2 Å². The van der Waals surface area contributed by atoms with Crippen LogP contribution in [0.4, 0.5) is 17.1 Å². The maximum absolute atomic E-state index is 2.39. The standard InChI is InChI=1S/C52H33NS/c1-2-8-34(9-3-1)35-18-23-43(24-19-35)53(45-27-29-50-49(33-45)48-31-39-11-4-5-12-40(39)32-51(48)54-50)44-25-20-36(21-26-44)41-22-28-47-42(30-41)17-16-38-15-14-37-10-6-7-13-46(37)52(38)47/h1-33H. The van der Waals surface area contributed by atoms with Crippen LogP contribution in [0.3, 0.4) is 0 Å². The second-order valence-corrected chi connectivity index (χ2v) is 15.2. The molecule has 0 aliphatic heterocycles. The lowest BCUT2D eigenvalue weighted by Crippen LogP contribution is -2.09. The maximum atomic E-state index is 2.39. The molecular formula is C52H33NS. The highest BCUT2D eigenvalue weighted by Gasteiger charge is 2.16. The summed E-state index contributed by atoms with van der Waals surface area (Å²) in [6.07, 6.45) is 0. The van der Waals surface area contributed by atoms with Crippen LogP contribution in [0.5, 0.6) is 0 Å². The molecule has 1 heterocycles. The molecule has 54 heavy (non-hydrogen) atoms. The quantitative estimate of drug-likeness (QED) is 0.161. The van der Waals surface area contributed by atoms with E-state index >= 15 is 0 Å². The van der Waals surface area contributed by atoms with Crippen LogP contribution in [0, 0.1) is 0 Å². The molecule has 0 atom stereocenters. The van der Waals surface area contributed by atoms with Gasteiger partial charge in [0.2, 0.25) is 0 Å². The molecule has 11 rings (SSSR count). The van der Waals surface area contributed by atoms with Crippen molar-refractivity contribution < 1.29 is 0 Å². The normalized spacial score (nSPS) is 11.7. The third kappa shape index (κ3) is 5.15. The van der Waals surface area contributed by atoms with Crippen molar-refractivity contribution in [2.45, 2.75) is 0 Å². The molecule has 0 unspecified atom stereocenters. The average molecular weight is 704 g/mol. The van der Waals surface area contributed by atoms with Crippen molar-refractivity contribution in [3.8, 4) is 22.3 Å². The van der Waals surface area contributed by atoms with E-state index in [0.717, 1.165) is 17.1 Å². The van der Waals surface area contributed by atoms with E-state index in [1.165, 1.54) is 85.5 Å². The topological polar surface area (TPSA) is 3.24 Å². The van der Waals surface area contributed by atoms with E-state index in [-0.39, 0.29) is 0 Å². The Labute approximate surface area is 317 Å². The molecule has 10 aromatic carbocycles. The number of benzene rings is 10. The minimum Gasteiger partial charge on any atom is -0.310 e. The number of anilines is 3. The summed E-state index contributed by atoms with van der Waals surface area (Å²) in [5.41, 5.74) is 8.22. The summed E-state index contributed by atoms with van der Waals surface area (Å²) in [5, 5.41) is 12.9. The summed E-state index contributed by atoms with van der Waals surface area (Å²) < 4.78 is 2.62. The van der Waals surface area contributed by atoms with Crippen molar-refractivity contribution in [3.63, 3.8) is 0 Å². The number of rotatable bonds is 5. The highest BCUT2D eigenvalue weighted by atomic mass is 32.1. The van der Waals surface area contributed by atoms with Gasteiger partial charge in [-0.05, 0) is 126 Å². The van der Waals surface area contributed by atoms with E-state index in [9.17, 15) is 0 Å². The van der Waals surface area contributed by atoms with Gasteiger partial charge >= 0.3 is 0 Å². The van der Waals surface area contributed by atoms with Gasteiger partial charge in [-0.15, -0.1) is 11.3 Å². The van der Waals surface area contributed by atoms with Gasteiger partial charge in [-0.25, -0.2) is 0 Å². The SMILES string of the molecule is c1ccc(-c2ccc(N(c3ccc(-c4ccc5c(ccc6ccc7ccccc7c65)c4)cc3)c3ccc4sc5cc6ccccc6cc5c4c3)cc2)cc1. The molecule has 1 aromatic heterocycles. The monoisotopic (exact) mass is 703 g/mol. The molecule has 0 aliphatic carbocycles. The number of nitrogens with zero attached hydrogens (tertiary/aromatic N) is 1. The molecule has 0 spiro atoms. The summed E-state index contributed by atoms with van der Waals surface area (Å²) in [4.78, 5) is 2.39. The lowest BCUT2D eigenvalue weighted by atomic mass is 9.94. The Morgan fingerprint density at radius 2 is 0.815 bits per heavy atom. The molecule has 0 saturated carbocycles. The predicted molar refractivity (Wildman–Crippen MR) is 235 cm³/mol. The van der Waals surface area contributed by atoms with Crippen LogP contribution in [0.25, 0.3) is 85.5 Å². The van der Waals surface area contributed by atoms with Gasteiger partial charge in [-0.2, -0.15) is 0 Å². The Morgan fingerprint density at radius 3 is 1.57 bits per heavy atom. The van der Waals surface area contributed by atoms with Gasteiger partial charge in [0.05, 0.1) is 0 Å². The van der Waals surface area contributed by atoms with Gasteiger partial charge in [0.25, 0.3) is 0 Å². The summed E-state index contributed by atoms with van der Waals surface area (Å²) in [6, 6.07) is 73.5. The minimum absolute atomic E-state index is 1.12. The van der Waals surface area contributed by atoms with E-state index in [4.69, 9.17) is 0 Å². The summed E-state index contributed by atoms with van der Waals surface area (Å²) >= 11 is 1.87. The fourth-order valence-electron chi connectivity index (χ4n) is 8.29. The first kappa shape index (κ1) is 30.8. The fraction of sp³-hybridized carbons (Fsp3) is 0. The lowest BCUT2D eigenvalue weighted by Gasteiger charge is -2.26. The first-order valence-corrected chi connectivity index (χ1v) is 19.3. The van der Waals surface area contributed by atoms with E-state index in [1.54, 1.807) is 0 Å². The molecule has 11 aromatic rings. The van der Waals surface area contributed by atoms with Crippen LogP contribution in [-0.4, -0.2) is 0 Å². The smallest absolute Gasteiger partial charge is 0.0468 e. The fourth-order valence-corrected chi connectivity index (χ4v) is 9.40. The highest BCUT2D eigenvalue weighted by molar-refractivity contribution is 7.25. The van der Waals surface area contributed by atoms with Crippen molar-refractivity contribution in [2.24, 2.45) is 0 Å². The van der Waals surface area contributed by atoms with E-state index in [0.29, 0.717) is 0 Å². The van der Waals surface area contributed by atoms with Gasteiger partial charge in [-0.1, -0.05) is 140 Å². The first-order valence-electron chi connectivity index (χ1n) is 18.5. The molecule has 2 heteroatoms. The van der Waals surface area contributed by atoms with Crippen LogP contribution in [-0.2, 0) is 0 Å². The summed E-state index contributed by atoms with van der Waals surface area (Å²) in [5.74, 6) is 0. The summed E-state index contributed by atoms with van der Waals surface area (Å²) in [7, 11) is 0. The van der Waals surface area contributed by atoms with Crippen molar-refractivity contribution in [1.29, 1.82) is 0 Å². The van der Waals surface area contributed by atoms with E-state index in [2.05, 4.69) is 205 Å². The average Bonchev–Trinajstić information content (AvgIpc) is 3.60. The molecule has 0 fully saturated rings. The van der Waals surface area contributed by atoms with Crippen LogP contribution >= 0.6 is 11.3 Å². The van der Waals surface area contributed by atoms with Gasteiger partial charge in [0.15, 0.2) is 0 Å². The third-order valence-corrected chi connectivity index (χ3v) is 12.1. The first-order chi connectivity index (χ1) is 26.7. The Morgan fingerprint density at radius 1 is 0.278 bits per heavy atom. The zero-order valence-electron chi connectivity index (χ0n) is 29.4. The molecule has 252 valence electrons. The van der Waals surface area contributed by atoms with E-state index < -0.39 is 0 Å².